The van der Waals surface area contributed by atoms with Crippen molar-refractivity contribution in [3.05, 3.63) is 46.7 Å². The fourth-order valence-electron chi connectivity index (χ4n) is 2.65. The summed E-state index contributed by atoms with van der Waals surface area (Å²) in [6.07, 6.45) is 2.25. The molecule has 1 amide bonds. The predicted octanol–water partition coefficient (Wildman–Crippen LogP) is 4.30. The summed E-state index contributed by atoms with van der Waals surface area (Å²) in [4.78, 5) is 20.9. The van der Waals surface area contributed by atoms with Crippen LogP contribution in [0.25, 0.3) is 10.7 Å². The summed E-state index contributed by atoms with van der Waals surface area (Å²) < 4.78 is 5.33. The number of thiophene rings is 1. The number of carbonyl (C=O) groups is 1. The first-order valence-corrected chi connectivity index (χ1v) is 9.36. The molecular formula is C19H20N4O2S. The molecule has 0 bridgehead atoms. The van der Waals surface area contributed by atoms with Gasteiger partial charge in [0, 0.05) is 36.1 Å². The average molecular weight is 368 g/mol. The molecule has 6 nitrogen and oxygen atoms in total. The van der Waals surface area contributed by atoms with Crippen molar-refractivity contribution in [3.8, 4) is 10.7 Å². The zero-order valence-electron chi connectivity index (χ0n) is 14.9. The van der Waals surface area contributed by atoms with Crippen molar-refractivity contribution in [2.45, 2.75) is 25.7 Å². The SMILES string of the molecule is Cc1sc(-c2noc(C3CC3)n2)cc1NC(=O)c1ccc(N(C)C)cc1. The summed E-state index contributed by atoms with van der Waals surface area (Å²) >= 11 is 1.55. The highest BCUT2D eigenvalue weighted by atomic mass is 32.1. The molecule has 0 unspecified atom stereocenters. The van der Waals surface area contributed by atoms with Gasteiger partial charge in [0.2, 0.25) is 11.7 Å². The van der Waals surface area contributed by atoms with Gasteiger partial charge in [0.15, 0.2) is 0 Å². The molecule has 2 heterocycles. The van der Waals surface area contributed by atoms with Gasteiger partial charge in [-0.3, -0.25) is 4.79 Å². The molecule has 0 aliphatic heterocycles. The quantitative estimate of drug-likeness (QED) is 0.727. The minimum Gasteiger partial charge on any atom is -0.378 e. The zero-order valence-corrected chi connectivity index (χ0v) is 15.8. The molecule has 1 aliphatic rings. The molecule has 1 aromatic carbocycles. The molecule has 1 fully saturated rings. The van der Waals surface area contributed by atoms with Crippen LogP contribution in [0.5, 0.6) is 0 Å². The van der Waals surface area contributed by atoms with Crippen LogP contribution >= 0.6 is 11.3 Å². The number of hydrogen-bond acceptors (Lipinski definition) is 6. The molecule has 1 saturated carbocycles. The lowest BCUT2D eigenvalue weighted by Gasteiger charge is -2.12. The van der Waals surface area contributed by atoms with E-state index in [4.69, 9.17) is 4.52 Å². The first-order chi connectivity index (χ1) is 12.5. The third kappa shape index (κ3) is 3.35. The Labute approximate surface area is 155 Å². The van der Waals surface area contributed by atoms with E-state index in [0.29, 0.717) is 17.3 Å². The van der Waals surface area contributed by atoms with Crippen LogP contribution in [0.2, 0.25) is 0 Å². The topological polar surface area (TPSA) is 71.3 Å². The Kier molecular flexibility index (Phi) is 4.24. The number of nitrogens with zero attached hydrogens (tertiary/aromatic N) is 3. The van der Waals surface area contributed by atoms with Gasteiger partial charge in [-0.15, -0.1) is 11.3 Å². The van der Waals surface area contributed by atoms with Gasteiger partial charge in [0.25, 0.3) is 5.91 Å². The van der Waals surface area contributed by atoms with Gasteiger partial charge >= 0.3 is 0 Å². The fraction of sp³-hybridized carbons (Fsp3) is 0.316. The molecule has 1 N–H and O–H groups in total. The van der Waals surface area contributed by atoms with Gasteiger partial charge in [-0.1, -0.05) is 5.16 Å². The summed E-state index contributed by atoms with van der Waals surface area (Å²) in [5.74, 6) is 1.62. The molecule has 0 spiro atoms. The number of hydrogen-bond donors (Lipinski definition) is 1. The summed E-state index contributed by atoms with van der Waals surface area (Å²) in [6.45, 7) is 1.97. The van der Waals surface area contributed by atoms with Crippen LogP contribution < -0.4 is 10.2 Å². The normalized spacial score (nSPS) is 13.7. The monoisotopic (exact) mass is 368 g/mol. The highest BCUT2D eigenvalue weighted by Gasteiger charge is 2.30. The first kappa shape index (κ1) is 16.8. The van der Waals surface area contributed by atoms with E-state index >= 15 is 0 Å². The molecule has 26 heavy (non-hydrogen) atoms. The molecule has 7 heteroatoms. The molecule has 3 aromatic rings. The number of nitrogens with one attached hydrogen (secondary N) is 1. The van der Waals surface area contributed by atoms with Crippen LogP contribution in [0.4, 0.5) is 11.4 Å². The van der Waals surface area contributed by atoms with Gasteiger partial charge < -0.3 is 14.7 Å². The third-order valence-electron chi connectivity index (χ3n) is 4.40. The molecule has 1 aliphatic carbocycles. The zero-order chi connectivity index (χ0) is 18.3. The van der Waals surface area contributed by atoms with Crippen molar-refractivity contribution in [3.63, 3.8) is 0 Å². The van der Waals surface area contributed by atoms with Crippen LogP contribution in [-0.2, 0) is 0 Å². The largest absolute Gasteiger partial charge is 0.378 e. The van der Waals surface area contributed by atoms with E-state index < -0.39 is 0 Å². The lowest BCUT2D eigenvalue weighted by molar-refractivity contribution is 0.102. The van der Waals surface area contributed by atoms with Gasteiger partial charge in [-0.05, 0) is 50.1 Å². The minimum absolute atomic E-state index is 0.130. The van der Waals surface area contributed by atoms with Gasteiger partial charge in [0.05, 0.1) is 10.6 Å². The number of anilines is 2. The lowest BCUT2D eigenvalue weighted by Crippen LogP contribution is -2.13. The Hall–Kier alpha value is -2.67. The Morgan fingerprint density at radius 1 is 1.27 bits per heavy atom. The number of rotatable bonds is 5. The Bertz CT molecular complexity index is 939. The highest BCUT2D eigenvalue weighted by Crippen LogP contribution is 2.40. The number of benzene rings is 1. The molecule has 0 radical (unpaired) electrons. The molecule has 0 atom stereocenters. The van der Waals surface area contributed by atoms with Crippen LogP contribution in [-0.4, -0.2) is 30.1 Å². The van der Waals surface area contributed by atoms with Crippen molar-refractivity contribution < 1.29 is 9.32 Å². The van der Waals surface area contributed by atoms with E-state index in [-0.39, 0.29) is 5.91 Å². The van der Waals surface area contributed by atoms with Crippen LogP contribution in [0.1, 0.15) is 39.9 Å². The van der Waals surface area contributed by atoms with Crippen molar-refractivity contribution in [1.29, 1.82) is 0 Å². The van der Waals surface area contributed by atoms with Crippen molar-refractivity contribution in [2.24, 2.45) is 0 Å². The average Bonchev–Trinajstić information content (AvgIpc) is 3.25. The van der Waals surface area contributed by atoms with E-state index in [2.05, 4.69) is 15.5 Å². The Morgan fingerprint density at radius 3 is 2.65 bits per heavy atom. The molecule has 4 rings (SSSR count). The second kappa shape index (κ2) is 6.57. The second-order valence-electron chi connectivity index (χ2n) is 6.71. The molecule has 2 aromatic heterocycles. The van der Waals surface area contributed by atoms with E-state index in [1.165, 1.54) is 0 Å². The fourth-order valence-corrected chi connectivity index (χ4v) is 3.55. The smallest absolute Gasteiger partial charge is 0.255 e. The van der Waals surface area contributed by atoms with Gasteiger partial charge in [0.1, 0.15) is 0 Å². The number of aryl methyl sites for hydroxylation is 1. The van der Waals surface area contributed by atoms with Crippen molar-refractivity contribution >= 4 is 28.6 Å². The maximum Gasteiger partial charge on any atom is 0.255 e. The minimum atomic E-state index is -0.130. The maximum atomic E-state index is 12.5. The summed E-state index contributed by atoms with van der Waals surface area (Å²) in [5.41, 5.74) is 2.46. The van der Waals surface area contributed by atoms with Gasteiger partial charge in [-0.2, -0.15) is 4.98 Å². The first-order valence-electron chi connectivity index (χ1n) is 8.54. The van der Waals surface area contributed by atoms with Crippen LogP contribution in [0, 0.1) is 6.92 Å². The lowest BCUT2D eigenvalue weighted by atomic mass is 10.2. The second-order valence-corrected chi connectivity index (χ2v) is 7.96. The third-order valence-corrected chi connectivity index (χ3v) is 5.45. The Balaban J connectivity index is 1.50. The van der Waals surface area contributed by atoms with Gasteiger partial charge in [-0.25, -0.2) is 0 Å². The number of amides is 1. The van der Waals surface area contributed by atoms with Crippen LogP contribution in [0.15, 0.2) is 34.9 Å². The van der Waals surface area contributed by atoms with E-state index in [1.54, 1.807) is 11.3 Å². The maximum absolute atomic E-state index is 12.5. The molecule has 0 saturated heterocycles. The van der Waals surface area contributed by atoms with Crippen molar-refractivity contribution in [2.75, 3.05) is 24.3 Å². The predicted molar refractivity (Wildman–Crippen MR) is 103 cm³/mol. The summed E-state index contributed by atoms with van der Waals surface area (Å²) in [7, 11) is 3.94. The Morgan fingerprint density at radius 2 is 2.00 bits per heavy atom. The van der Waals surface area contributed by atoms with Crippen LogP contribution in [0.3, 0.4) is 0 Å². The standard InChI is InChI=1S/C19H20N4O2S/c1-11-15(20-18(24)12-6-8-14(9-7-12)23(2)3)10-16(26-11)17-21-19(25-22-17)13-4-5-13/h6-10,13H,4-5H2,1-3H3,(H,20,24). The summed E-state index contributed by atoms with van der Waals surface area (Å²) in [5, 5.41) is 7.05. The summed E-state index contributed by atoms with van der Waals surface area (Å²) in [6, 6.07) is 9.43. The van der Waals surface area contributed by atoms with E-state index in [9.17, 15) is 4.79 Å². The van der Waals surface area contributed by atoms with Crippen molar-refractivity contribution in [1.82, 2.24) is 10.1 Å². The highest BCUT2D eigenvalue weighted by molar-refractivity contribution is 7.16. The van der Waals surface area contributed by atoms with E-state index in [1.807, 2.05) is 56.3 Å². The molecular weight excluding hydrogens is 348 g/mol. The number of aromatic nitrogens is 2. The van der Waals surface area contributed by atoms with E-state index in [0.717, 1.165) is 39.9 Å². The molecule has 134 valence electrons. The number of carbonyl (C=O) groups excluding carboxylic acids is 1.